The number of rotatable bonds is 10. The summed E-state index contributed by atoms with van der Waals surface area (Å²) in [6.45, 7) is 0.362. The van der Waals surface area contributed by atoms with Crippen LogP contribution in [0.4, 0.5) is 0 Å². The highest BCUT2D eigenvalue weighted by atomic mass is 32.2. The Bertz CT molecular complexity index is 1460. The Morgan fingerprint density at radius 1 is 0.875 bits per heavy atom. The van der Waals surface area contributed by atoms with Crippen molar-refractivity contribution in [3.63, 3.8) is 0 Å². The molecular weight excluding hydrogens is 540 g/mol. The van der Waals surface area contributed by atoms with Crippen molar-refractivity contribution in [1.29, 1.82) is 0 Å². The smallest absolute Gasteiger partial charge is 0.279 e. The molecule has 3 aromatic carbocycles. The van der Waals surface area contributed by atoms with Crippen molar-refractivity contribution in [2.24, 2.45) is 0 Å². The van der Waals surface area contributed by atoms with Crippen LogP contribution >= 0.6 is 0 Å². The van der Waals surface area contributed by atoms with Gasteiger partial charge in [-0.3, -0.25) is 10.0 Å². The van der Waals surface area contributed by atoms with E-state index in [9.17, 15) is 18.4 Å². The van der Waals surface area contributed by atoms with E-state index in [4.69, 9.17) is 23.7 Å². The fourth-order valence-electron chi connectivity index (χ4n) is 4.67. The van der Waals surface area contributed by atoms with Gasteiger partial charge in [0.2, 0.25) is 10.0 Å². The summed E-state index contributed by atoms with van der Waals surface area (Å²) in [5, 5.41) is 9.25. The Morgan fingerprint density at radius 3 is 2.08 bits per heavy atom. The number of amides is 1. The van der Waals surface area contributed by atoms with Crippen molar-refractivity contribution in [2.45, 2.75) is 23.8 Å². The van der Waals surface area contributed by atoms with Gasteiger partial charge in [0.25, 0.3) is 5.91 Å². The summed E-state index contributed by atoms with van der Waals surface area (Å²) in [5.74, 6) is 1.13. The van der Waals surface area contributed by atoms with Gasteiger partial charge in [-0.05, 0) is 60.9 Å². The molecule has 0 spiro atoms. The molecule has 1 amide bonds. The maximum Gasteiger partial charge on any atom is 0.279 e. The number of nitrogens with zero attached hydrogens (tertiary/aromatic N) is 1. The third-order valence-electron chi connectivity index (χ3n) is 6.73. The van der Waals surface area contributed by atoms with Gasteiger partial charge >= 0.3 is 0 Å². The first-order valence-corrected chi connectivity index (χ1v) is 13.9. The largest absolute Gasteiger partial charge is 0.497 e. The lowest BCUT2D eigenvalue weighted by Crippen LogP contribution is -2.42. The number of sulfonamides is 1. The average Bonchev–Trinajstić information content (AvgIpc) is 3.00. The molecule has 0 bridgehead atoms. The summed E-state index contributed by atoms with van der Waals surface area (Å²) in [6.07, 6.45) is 0.688. The standard InChI is InChI=1S/C28H32N2O9S.H2/c1-35-21-9-10-23(36-2)22(17-21)18-5-7-19(8-6-18)39-20-13-15-30(16-14-20)40(33,34)25-12-11-24(37-3)27(38-4)26(25)28(31)29-32;/h5-12,17,20,32H,13-16H2,1-4H3,(H,29,31);1H. The highest BCUT2D eigenvalue weighted by molar-refractivity contribution is 7.89. The first-order valence-electron chi connectivity index (χ1n) is 12.5. The van der Waals surface area contributed by atoms with Gasteiger partial charge in [-0.1, -0.05) is 12.1 Å². The summed E-state index contributed by atoms with van der Waals surface area (Å²) in [6, 6.07) is 15.8. The van der Waals surface area contributed by atoms with Gasteiger partial charge < -0.3 is 23.7 Å². The van der Waals surface area contributed by atoms with Gasteiger partial charge in [-0.2, -0.15) is 4.31 Å². The summed E-state index contributed by atoms with van der Waals surface area (Å²) >= 11 is 0. The lowest BCUT2D eigenvalue weighted by atomic mass is 10.0. The topological polar surface area (TPSA) is 133 Å². The van der Waals surface area contributed by atoms with Crippen molar-refractivity contribution in [3.05, 3.63) is 60.2 Å². The number of piperidine rings is 1. The molecule has 4 rings (SSSR count). The van der Waals surface area contributed by atoms with Crippen LogP contribution in [0.5, 0.6) is 28.7 Å². The summed E-state index contributed by atoms with van der Waals surface area (Å²) < 4.78 is 55.8. The maximum absolute atomic E-state index is 13.5. The number of carbonyl (C=O) groups is 1. The monoisotopic (exact) mass is 574 g/mol. The fourth-order valence-corrected chi connectivity index (χ4v) is 6.32. The second kappa shape index (κ2) is 12.5. The number of benzene rings is 3. The fraction of sp³-hybridized carbons (Fsp3) is 0.321. The van der Waals surface area contributed by atoms with E-state index in [1.54, 1.807) is 14.2 Å². The van der Waals surface area contributed by atoms with Gasteiger partial charge in [0.1, 0.15) is 28.9 Å². The molecule has 0 unspecified atom stereocenters. The lowest BCUT2D eigenvalue weighted by molar-refractivity contribution is 0.0698. The van der Waals surface area contributed by atoms with Crippen molar-refractivity contribution >= 4 is 15.9 Å². The van der Waals surface area contributed by atoms with Gasteiger partial charge in [-0.25, -0.2) is 13.9 Å². The highest BCUT2D eigenvalue weighted by Crippen LogP contribution is 2.38. The normalized spacial score (nSPS) is 14.3. The van der Waals surface area contributed by atoms with Crippen LogP contribution in [0, 0.1) is 0 Å². The minimum absolute atomic E-state index is 0. The summed E-state index contributed by atoms with van der Waals surface area (Å²) in [7, 11) is 1.76. The van der Waals surface area contributed by atoms with Gasteiger partial charge in [-0.15, -0.1) is 0 Å². The second-order valence-electron chi connectivity index (χ2n) is 8.93. The molecule has 1 aliphatic rings. The summed E-state index contributed by atoms with van der Waals surface area (Å²) in [4.78, 5) is 12.1. The molecule has 0 aromatic heterocycles. The van der Waals surface area contributed by atoms with Gasteiger partial charge in [0.15, 0.2) is 11.5 Å². The minimum atomic E-state index is -4.10. The van der Waals surface area contributed by atoms with Crippen LogP contribution in [0.1, 0.15) is 24.6 Å². The number of methoxy groups -OCH3 is 4. The molecule has 3 aromatic rings. The number of nitrogens with one attached hydrogen (secondary N) is 1. The minimum Gasteiger partial charge on any atom is -0.497 e. The Labute approximate surface area is 234 Å². The molecule has 1 aliphatic heterocycles. The molecule has 1 heterocycles. The molecule has 0 saturated carbocycles. The van der Waals surface area contributed by atoms with E-state index in [1.165, 1.54) is 36.1 Å². The number of hydroxylamine groups is 1. The number of hydrogen-bond acceptors (Lipinski definition) is 9. The third kappa shape index (κ3) is 5.79. The van der Waals surface area contributed by atoms with Crippen LogP contribution in [-0.2, 0) is 10.0 Å². The van der Waals surface area contributed by atoms with Gasteiger partial charge in [0, 0.05) is 20.1 Å². The van der Waals surface area contributed by atoms with Crippen molar-refractivity contribution in [3.8, 4) is 39.9 Å². The maximum atomic E-state index is 13.5. The predicted molar refractivity (Wildman–Crippen MR) is 148 cm³/mol. The average molecular weight is 575 g/mol. The Morgan fingerprint density at radius 2 is 1.50 bits per heavy atom. The molecule has 0 radical (unpaired) electrons. The zero-order valence-corrected chi connectivity index (χ0v) is 23.5. The molecule has 216 valence electrons. The Hall–Kier alpha value is -4.00. The zero-order valence-electron chi connectivity index (χ0n) is 22.7. The molecular formula is C28H34N2O9S. The molecule has 0 aliphatic carbocycles. The zero-order chi connectivity index (χ0) is 28.9. The molecule has 1 saturated heterocycles. The van der Waals surface area contributed by atoms with E-state index in [2.05, 4.69) is 0 Å². The summed E-state index contributed by atoms with van der Waals surface area (Å²) in [5.41, 5.74) is 2.97. The van der Waals surface area contributed by atoms with E-state index >= 15 is 0 Å². The van der Waals surface area contributed by atoms with Crippen LogP contribution in [-0.4, -0.2) is 71.5 Å². The van der Waals surface area contributed by atoms with Crippen LogP contribution < -0.4 is 29.2 Å². The third-order valence-corrected chi connectivity index (χ3v) is 8.67. The molecule has 1 fully saturated rings. The highest BCUT2D eigenvalue weighted by Gasteiger charge is 2.35. The SMILES string of the molecule is COc1ccc(OC)c(-c2ccc(OC3CCN(S(=O)(=O)c4ccc(OC)c(OC)c4C(=O)NO)CC3)cc2)c1.[HH]. The van der Waals surface area contributed by atoms with E-state index in [1.807, 2.05) is 42.5 Å². The predicted octanol–water partition coefficient (Wildman–Crippen LogP) is 3.99. The molecule has 12 heteroatoms. The Kier molecular flexibility index (Phi) is 9.03. The van der Waals surface area contributed by atoms with Crippen LogP contribution in [0.25, 0.3) is 11.1 Å². The molecule has 0 atom stereocenters. The van der Waals surface area contributed by atoms with E-state index in [0.29, 0.717) is 18.6 Å². The van der Waals surface area contributed by atoms with Crippen LogP contribution in [0.3, 0.4) is 0 Å². The quantitative estimate of drug-likeness (QED) is 0.272. The van der Waals surface area contributed by atoms with Crippen molar-refractivity contribution < 1.29 is 43.5 Å². The first-order chi connectivity index (χ1) is 19.3. The molecule has 40 heavy (non-hydrogen) atoms. The van der Waals surface area contributed by atoms with Crippen molar-refractivity contribution in [1.82, 2.24) is 9.79 Å². The van der Waals surface area contributed by atoms with Crippen LogP contribution in [0.15, 0.2) is 59.5 Å². The van der Waals surface area contributed by atoms with E-state index in [0.717, 1.165) is 22.6 Å². The second-order valence-corrected chi connectivity index (χ2v) is 10.8. The molecule has 2 N–H and O–H groups in total. The molecule has 11 nitrogen and oxygen atoms in total. The Balaban J connectivity index is 0.00000462. The lowest BCUT2D eigenvalue weighted by Gasteiger charge is -2.32. The number of hydrogen-bond donors (Lipinski definition) is 2. The van der Waals surface area contributed by atoms with Crippen molar-refractivity contribution in [2.75, 3.05) is 41.5 Å². The van der Waals surface area contributed by atoms with E-state index in [-0.39, 0.29) is 42.6 Å². The first kappa shape index (κ1) is 29.0. The van der Waals surface area contributed by atoms with Crippen LogP contribution in [0.2, 0.25) is 0 Å². The van der Waals surface area contributed by atoms with Gasteiger partial charge in [0.05, 0.1) is 33.3 Å². The van der Waals surface area contributed by atoms with E-state index < -0.39 is 15.9 Å². The number of carbonyl (C=O) groups excluding carboxylic acids is 1. The number of ether oxygens (including phenoxy) is 5.